The molecular weight excluding hydrogens is 252 g/mol. The topological polar surface area (TPSA) is 50.4 Å². The highest BCUT2D eigenvalue weighted by Gasteiger charge is 2.11. The van der Waals surface area contributed by atoms with E-state index in [1.54, 1.807) is 0 Å². The average Bonchev–Trinajstić information content (AvgIpc) is 2.48. The summed E-state index contributed by atoms with van der Waals surface area (Å²) >= 11 is 0. The summed E-state index contributed by atoms with van der Waals surface area (Å²) in [5, 5.41) is 6.24. The Bertz CT molecular complexity index is 407. The summed E-state index contributed by atoms with van der Waals surface area (Å²) in [7, 11) is 0. The summed E-state index contributed by atoms with van der Waals surface area (Å²) < 4.78 is 5.65. The summed E-state index contributed by atoms with van der Waals surface area (Å²) in [4.78, 5) is 11.6. The quantitative estimate of drug-likeness (QED) is 0.730. The summed E-state index contributed by atoms with van der Waals surface area (Å²) in [6.45, 7) is 8.00. The highest BCUT2D eigenvalue weighted by atomic mass is 16.5. The average molecular weight is 278 g/mol. The zero-order valence-electron chi connectivity index (χ0n) is 12.7. The predicted octanol–water partition coefficient (Wildman–Crippen LogP) is 2.65. The van der Waals surface area contributed by atoms with E-state index in [4.69, 9.17) is 4.74 Å². The Balaban J connectivity index is 2.58. The first-order valence-corrected chi connectivity index (χ1v) is 7.40. The second-order valence-corrected chi connectivity index (χ2v) is 4.85. The molecule has 0 fully saturated rings. The smallest absolute Gasteiger partial charge is 0.257 e. The summed E-state index contributed by atoms with van der Waals surface area (Å²) in [6.07, 6.45) is 2.02. The van der Waals surface area contributed by atoms with Crippen molar-refractivity contribution in [2.45, 2.75) is 39.7 Å². The first kappa shape index (κ1) is 16.5. The normalized spacial score (nSPS) is 11.9. The van der Waals surface area contributed by atoms with Crippen molar-refractivity contribution in [2.75, 3.05) is 19.7 Å². The summed E-state index contributed by atoms with van der Waals surface area (Å²) in [6, 6.07) is 8.07. The molecule has 0 radical (unpaired) electrons. The molecule has 0 aliphatic heterocycles. The van der Waals surface area contributed by atoms with E-state index in [1.165, 1.54) is 0 Å². The number of para-hydroxylation sites is 1. The number of benzene rings is 1. The molecule has 1 aromatic rings. The molecule has 0 bridgehead atoms. The van der Waals surface area contributed by atoms with Gasteiger partial charge in [-0.05, 0) is 32.4 Å². The van der Waals surface area contributed by atoms with Crippen molar-refractivity contribution >= 4 is 5.91 Å². The predicted molar refractivity (Wildman–Crippen MR) is 81.9 cm³/mol. The maximum absolute atomic E-state index is 11.6. The van der Waals surface area contributed by atoms with Gasteiger partial charge in [0.1, 0.15) is 5.75 Å². The Labute approximate surface area is 121 Å². The Morgan fingerprint density at radius 1 is 1.20 bits per heavy atom. The first-order chi connectivity index (χ1) is 9.69. The van der Waals surface area contributed by atoms with Crippen molar-refractivity contribution < 1.29 is 9.53 Å². The number of carbonyl (C=O) groups excluding carboxylic acids is 1. The molecule has 4 nitrogen and oxygen atoms in total. The molecule has 0 aromatic heterocycles. The van der Waals surface area contributed by atoms with Gasteiger partial charge in [-0.3, -0.25) is 4.79 Å². The molecule has 0 saturated heterocycles. The number of hydrogen-bond donors (Lipinski definition) is 2. The van der Waals surface area contributed by atoms with Crippen molar-refractivity contribution in [2.24, 2.45) is 0 Å². The van der Waals surface area contributed by atoms with Gasteiger partial charge >= 0.3 is 0 Å². The Morgan fingerprint density at radius 2 is 1.90 bits per heavy atom. The third-order valence-corrected chi connectivity index (χ3v) is 3.02. The molecule has 0 spiro atoms. The van der Waals surface area contributed by atoms with Crippen molar-refractivity contribution in [3.8, 4) is 5.75 Å². The lowest BCUT2D eigenvalue weighted by atomic mass is 10.1. The van der Waals surface area contributed by atoms with Gasteiger partial charge in [0.15, 0.2) is 6.61 Å². The van der Waals surface area contributed by atoms with E-state index in [2.05, 4.69) is 24.5 Å². The van der Waals surface area contributed by atoms with Gasteiger partial charge in [-0.15, -0.1) is 0 Å². The van der Waals surface area contributed by atoms with E-state index < -0.39 is 0 Å². The van der Waals surface area contributed by atoms with Crippen molar-refractivity contribution in [3.05, 3.63) is 29.8 Å². The van der Waals surface area contributed by atoms with Crippen LogP contribution in [0.1, 0.15) is 45.2 Å². The summed E-state index contributed by atoms with van der Waals surface area (Å²) in [5.74, 6) is 0.700. The number of ether oxygens (including phenoxy) is 1. The molecule has 1 rings (SSSR count). The summed E-state index contributed by atoms with van der Waals surface area (Å²) in [5.41, 5.74) is 1.09. The van der Waals surface area contributed by atoms with E-state index in [0.717, 1.165) is 30.7 Å². The van der Waals surface area contributed by atoms with Gasteiger partial charge in [-0.1, -0.05) is 32.0 Å². The highest BCUT2D eigenvalue weighted by molar-refractivity contribution is 5.77. The van der Waals surface area contributed by atoms with Gasteiger partial charge in [-0.2, -0.15) is 0 Å². The van der Waals surface area contributed by atoms with Crippen molar-refractivity contribution in [3.63, 3.8) is 0 Å². The Morgan fingerprint density at radius 3 is 2.60 bits per heavy atom. The van der Waals surface area contributed by atoms with Crippen LogP contribution in [0.2, 0.25) is 0 Å². The van der Waals surface area contributed by atoms with Crippen LogP contribution in [-0.2, 0) is 4.79 Å². The molecule has 1 amide bonds. The van der Waals surface area contributed by atoms with Crippen LogP contribution in [0.5, 0.6) is 5.75 Å². The fourth-order valence-electron chi connectivity index (χ4n) is 1.90. The molecule has 1 aromatic carbocycles. The van der Waals surface area contributed by atoms with Gasteiger partial charge in [-0.25, -0.2) is 0 Å². The monoisotopic (exact) mass is 278 g/mol. The van der Waals surface area contributed by atoms with Crippen LogP contribution in [0.3, 0.4) is 0 Å². The van der Waals surface area contributed by atoms with Gasteiger partial charge in [0, 0.05) is 18.2 Å². The second-order valence-electron chi connectivity index (χ2n) is 4.85. The fraction of sp³-hybridized carbons (Fsp3) is 0.562. The van der Waals surface area contributed by atoms with E-state index >= 15 is 0 Å². The van der Waals surface area contributed by atoms with Crippen LogP contribution >= 0.6 is 0 Å². The number of hydrogen-bond acceptors (Lipinski definition) is 3. The molecule has 0 heterocycles. The van der Waals surface area contributed by atoms with Crippen molar-refractivity contribution in [1.29, 1.82) is 0 Å². The molecule has 0 aliphatic carbocycles. The zero-order chi connectivity index (χ0) is 14.8. The van der Waals surface area contributed by atoms with E-state index in [9.17, 15) is 4.79 Å². The Kier molecular flexibility index (Phi) is 7.73. The zero-order valence-corrected chi connectivity index (χ0v) is 12.7. The van der Waals surface area contributed by atoms with Gasteiger partial charge in [0.2, 0.25) is 0 Å². The highest BCUT2D eigenvalue weighted by Crippen LogP contribution is 2.24. The number of rotatable bonds is 9. The van der Waals surface area contributed by atoms with Crippen LogP contribution in [0.15, 0.2) is 24.3 Å². The van der Waals surface area contributed by atoms with Crippen LogP contribution in [0.4, 0.5) is 0 Å². The number of carbonyl (C=O) groups is 1. The second kappa shape index (κ2) is 9.37. The van der Waals surface area contributed by atoms with E-state index in [1.807, 2.05) is 31.2 Å². The third kappa shape index (κ3) is 5.61. The number of amides is 1. The minimum absolute atomic E-state index is 0.0670. The molecule has 1 atom stereocenters. The third-order valence-electron chi connectivity index (χ3n) is 3.02. The Hall–Kier alpha value is -1.55. The molecular formula is C16H26N2O2. The number of nitrogens with one attached hydrogen (secondary N) is 2. The molecule has 1 unspecified atom stereocenters. The van der Waals surface area contributed by atoms with Gasteiger partial charge in [0.05, 0.1) is 0 Å². The lowest BCUT2D eigenvalue weighted by Gasteiger charge is -2.18. The van der Waals surface area contributed by atoms with Crippen LogP contribution in [-0.4, -0.2) is 25.6 Å². The lowest BCUT2D eigenvalue weighted by molar-refractivity contribution is -0.123. The van der Waals surface area contributed by atoms with Crippen LogP contribution < -0.4 is 15.4 Å². The van der Waals surface area contributed by atoms with E-state index in [-0.39, 0.29) is 18.6 Å². The standard InChI is InChI=1S/C16H26N2O2/c1-4-10-17-13(3)14-8-6-7-9-15(14)20-12-16(19)18-11-5-2/h6-9,13,17H,4-5,10-12H2,1-3H3,(H,18,19). The minimum atomic E-state index is -0.0733. The molecule has 0 saturated carbocycles. The van der Waals surface area contributed by atoms with Crippen molar-refractivity contribution in [1.82, 2.24) is 10.6 Å². The molecule has 4 heteroatoms. The SMILES string of the molecule is CCCNC(=O)COc1ccccc1C(C)NCCC. The maximum Gasteiger partial charge on any atom is 0.257 e. The van der Waals surface area contributed by atoms with Gasteiger partial charge in [0.25, 0.3) is 5.91 Å². The molecule has 0 aliphatic rings. The minimum Gasteiger partial charge on any atom is -0.483 e. The van der Waals surface area contributed by atoms with Crippen LogP contribution in [0, 0.1) is 0 Å². The first-order valence-electron chi connectivity index (χ1n) is 7.40. The maximum atomic E-state index is 11.6. The molecule has 2 N–H and O–H groups in total. The van der Waals surface area contributed by atoms with E-state index in [0.29, 0.717) is 6.54 Å². The van der Waals surface area contributed by atoms with Gasteiger partial charge < -0.3 is 15.4 Å². The molecule has 112 valence electrons. The lowest BCUT2D eigenvalue weighted by Crippen LogP contribution is -2.29. The van der Waals surface area contributed by atoms with Crippen LogP contribution in [0.25, 0.3) is 0 Å². The largest absolute Gasteiger partial charge is 0.483 e. The fourth-order valence-corrected chi connectivity index (χ4v) is 1.90. The molecule has 20 heavy (non-hydrogen) atoms.